The lowest BCUT2D eigenvalue weighted by molar-refractivity contribution is -0.143. The molecule has 36 heavy (non-hydrogen) atoms. The molecule has 9 heteroatoms. The molecule has 2 aromatic carbocycles. The van der Waals surface area contributed by atoms with Crippen LogP contribution < -0.4 is 0 Å². The summed E-state index contributed by atoms with van der Waals surface area (Å²) >= 11 is 0. The minimum absolute atomic E-state index is 0.124. The van der Waals surface area contributed by atoms with E-state index in [4.69, 9.17) is 4.74 Å². The summed E-state index contributed by atoms with van der Waals surface area (Å²) in [6, 6.07) is 11.5. The largest absolute Gasteiger partial charge is 0.379 e. The molecule has 2 amide bonds. The molecule has 2 heterocycles. The Balaban J connectivity index is 1.57. The van der Waals surface area contributed by atoms with Crippen LogP contribution in [0.15, 0.2) is 53.6 Å². The molecular weight excluding hydrogens is 466 g/mol. The predicted octanol–water partition coefficient (Wildman–Crippen LogP) is 3.46. The summed E-state index contributed by atoms with van der Waals surface area (Å²) in [7, 11) is 0. The van der Waals surface area contributed by atoms with Crippen molar-refractivity contribution < 1.29 is 23.1 Å². The van der Waals surface area contributed by atoms with E-state index in [-0.39, 0.29) is 30.6 Å². The highest BCUT2D eigenvalue weighted by atomic mass is 19.1. The van der Waals surface area contributed by atoms with Gasteiger partial charge in [0.1, 0.15) is 18.2 Å². The molecular formula is C27H32F2N4O3. The maximum absolute atomic E-state index is 14.8. The van der Waals surface area contributed by atoms with Gasteiger partial charge in [0, 0.05) is 44.1 Å². The highest BCUT2D eigenvalue weighted by Gasteiger charge is 2.36. The number of carbonyl (C=O) groups excluding carboxylic acids is 2. The Morgan fingerprint density at radius 2 is 1.78 bits per heavy atom. The number of nitrogens with zero attached hydrogens (tertiary/aromatic N) is 4. The van der Waals surface area contributed by atoms with Crippen LogP contribution in [0.2, 0.25) is 0 Å². The van der Waals surface area contributed by atoms with Gasteiger partial charge in [-0.2, -0.15) is 5.10 Å². The van der Waals surface area contributed by atoms with Crippen molar-refractivity contribution in [1.82, 2.24) is 14.8 Å². The number of morpholine rings is 1. The molecule has 2 aliphatic heterocycles. The van der Waals surface area contributed by atoms with Crippen molar-refractivity contribution in [3.8, 4) is 0 Å². The Kier molecular flexibility index (Phi) is 8.43. The smallest absolute Gasteiger partial charge is 0.262 e. The Bertz CT molecular complexity index is 1100. The van der Waals surface area contributed by atoms with Crippen LogP contribution in [0.5, 0.6) is 0 Å². The molecule has 0 N–H and O–H groups in total. The topological polar surface area (TPSA) is 65.5 Å². The van der Waals surface area contributed by atoms with Gasteiger partial charge in [-0.25, -0.2) is 13.8 Å². The second-order valence-corrected chi connectivity index (χ2v) is 9.40. The first-order valence-corrected chi connectivity index (χ1v) is 12.3. The third kappa shape index (κ3) is 6.14. The SMILES string of the molecule is CC(C)C(=O)N(CCN1CCOCC1)CC(=O)N1N=C(c2ccc(F)cc2)CC1c1ccccc1F. The average Bonchev–Trinajstić information content (AvgIpc) is 3.32. The fraction of sp³-hybridized carbons (Fsp3) is 0.444. The van der Waals surface area contributed by atoms with E-state index in [1.165, 1.54) is 23.2 Å². The number of rotatable bonds is 8. The molecule has 192 valence electrons. The summed E-state index contributed by atoms with van der Waals surface area (Å²) in [6.45, 7) is 7.34. The number of amides is 2. The van der Waals surface area contributed by atoms with E-state index >= 15 is 0 Å². The van der Waals surface area contributed by atoms with Gasteiger partial charge in [-0.05, 0) is 23.8 Å². The van der Waals surface area contributed by atoms with Gasteiger partial charge < -0.3 is 9.64 Å². The normalized spacial score (nSPS) is 18.4. The number of carbonyl (C=O) groups is 2. The van der Waals surface area contributed by atoms with Crippen LogP contribution in [0.4, 0.5) is 8.78 Å². The third-order valence-corrected chi connectivity index (χ3v) is 6.53. The van der Waals surface area contributed by atoms with E-state index in [1.54, 1.807) is 49.1 Å². The maximum atomic E-state index is 14.8. The quantitative estimate of drug-likeness (QED) is 0.559. The lowest BCUT2D eigenvalue weighted by Gasteiger charge is -2.31. The Labute approximate surface area is 210 Å². The number of benzene rings is 2. The van der Waals surface area contributed by atoms with Crippen LogP contribution in [-0.4, -0.2) is 78.3 Å². The van der Waals surface area contributed by atoms with Gasteiger partial charge >= 0.3 is 0 Å². The molecule has 1 atom stereocenters. The van der Waals surface area contributed by atoms with E-state index in [1.807, 2.05) is 0 Å². The fourth-order valence-corrected chi connectivity index (χ4v) is 4.50. The number of halogens is 2. The van der Waals surface area contributed by atoms with Crippen LogP contribution in [0, 0.1) is 17.6 Å². The van der Waals surface area contributed by atoms with Gasteiger partial charge in [-0.3, -0.25) is 14.5 Å². The third-order valence-electron chi connectivity index (χ3n) is 6.53. The number of hydrazone groups is 1. The Hall–Kier alpha value is -3.17. The molecule has 1 unspecified atom stereocenters. The molecule has 4 rings (SSSR count). The van der Waals surface area contributed by atoms with Crippen LogP contribution in [-0.2, 0) is 14.3 Å². The van der Waals surface area contributed by atoms with Gasteiger partial charge in [0.05, 0.1) is 25.0 Å². The first-order valence-electron chi connectivity index (χ1n) is 12.3. The summed E-state index contributed by atoms with van der Waals surface area (Å²) in [4.78, 5) is 30.3. The number of ether oxygens (including phenoxy) is 1. The average molecular weight is 499 g/mol. The Morgan fingerprint density at radius 3 is 2.44 bits per heavy atom. The number of hydrogen-bond acceptors (Lipinski definition) is 5. The summed E-state index contributed by atoms with van der Waals surface area (Å²) in [5.74, 6) is -1.60. The van der Waals surface area contributed by atoms with Crippen molar-refractivity contribution in [1.29, 1.82) is 0 Å². The molecule has 7 nitrogen and oxygen atoms in total. The van der Waals surface area contributed by atoms with Gasteiger partial charge in [0.25, 0.3) is 5.91 Å². The van der Waals surface area contributed by atoms with E-state index in [0.717, 1.165) is 13.1 Å². The zero-order valence-electron chi connectivity index (χ0n) is 20.7. The zero-order valence-corrected chi connectivity index (χ0v) is 20.7. The van der Waals surface area contributed by atoms with E-state index in [9.17, 15) is 18.4 Å². The van der Waals surface area contributed by atoms with Crippen molar-refractivity contribution in [2.24, 2.45) is 11.0 Å². The first kappa shape index (κ1) is 25.9. The highest BCUT2D eigenvalue weighted by Crippen LogP contribution is 2.34. The lowest BCUT2D eigenvalue weighted by atomic mass is 9.98. The van der Waals surface area contributed by atoms with Gasteiger partial charge in [0.15, 0.2) is 0 Å². The lowest BCUT2D eigenvalue weighted by Crippen LogP contribution is -2.47. The second-order valence-electron chi connectivity index (χ2n) is 9.40. The van der Waals surface area contributed by atoms with Crippen LogP contribution >= 0.6 is 0 Å². The van der Waals surface area contributed by atoms with E-state index in [0.29, 0.717) is 43.1 Å². The van der Waals surface area contributed by atoms with Crippen molar-refractivity contribution in [2.45, 2.75) is 26.3 Å². The molecule has 0 radical (unpaired) electrons. The van der Waals surface area contributed by atoms with Crippen LogP contribution in [0.25, 0.3) is 0 Å². The fourth-order valence-electron chi connectivity index (χ4n) is 4.50. The second kappa shape index (κ2) is 11.7. The molecule has 1 saturated heterocycles. The molecule has 1 fully saturated rings. The minimum Gasteiger partial charge on any atom is -0.379 e. The van der Waals surface area contributed by atoms with E-state index < -0.39 is 17.8 Å². The zero-order chi connectivity index (χ0) is 25.7. The first-order chi connectivity index (χ1) is 17.3. The maximum Gasteiger partial charge on any atom is 0.262 e. The molecule has 0 bridgehead atoms. The van der Waals surface area contributed by atoms with Crippen LogP contribution in [0.3, 0.4) is 0 Å². The molecule has 0 aromatic heterocycles. The monoisotopic (exact) mass is 498 g/mol. The standard InChI is InChI=1S/C27H32F2N4O3/c1-19(2)27(35)32(12-11-31-13-15-36-16-14-31)18-26(34)33-25(22-5-3-4-6-23(22)29)17-24(30-33)20-7-9-21(28)10-8-20/h3-10,19,25H,11-18H2,1-2H3. The molecule has 2 aliphatic rings. The Morgan fingerprint density at radius 1 is 1.08 bits per heavy atom. The summed E-state index contributed by atoms with van der Waals surface area (Å²) < 4.78 is 33.6. The van der Waals surface area contributed by atoms with Crippen LogP contribution in [0.1, 0.15) is 37.4 Å². The summed E-state index contributed by atoms with van der Waals surface area (Å²) in [5.41, 5.74) is 1.57. The van der Waals surface area contributed by atoms with Crippen molar-refractivity contribution in [3.05, 3.63) is 71.3 Å². The predicted molar refractivity (Wildman–Crippen MR) is 132 cm³/mol. The number of hydrogen-bond donors (Lipinski definition) is 0. The van der Waals surface area contributed by atoms with Gasteiger partial charge in [-0.1, -0.05) is 44.2 Å². The summed E-state index contributed by atoms with van der Waals surface area (Å²) in [6.07, 6.45) is 0.282. The summed E-state index contributed by atoms with van der Waals surface area (Å²) in [5, 5.41) is 5.82. The molecule has 0 spiro atoms. The minimum atomic E-state index is -0.658. The molecule has 0 saturated carbocycles. The van der Waals surface area contributed by atoms with Gasteiger partial charge in [-0.15, -0.1) is 0 Å². The molecule has 0 aliphatic carbocycles. The highest BCUT2D eigenvalue weighted by molar-refractivity contribution is 6.03. The van der Waals surface area contributed by atoms with Crippen molar-refractivity contribution in [2.75, 3.05) is 45.9 Å². The molecule has 2 aromatic rings. The van der Waals surface area contributed by atoms with Crippen molar-refractivity contribution in [3.63, 3.8) is 0 Å². The van der Waals surface area contributed by atoms with Gasteiger partial charge in [0.2, 0.25) is 5.91 Å². The van der Waals surface area contributed by atoms with Crippen molar-refractivity contribution >= 4 is 17.5 Å². The van der Waals surface area contributed by atoms with E-state index in [2.05, 4.69) is 10.0 Å².